The van der Waals surface area contributed by atoms with Crippen molar-refractivity contribution in [2.75, 3.05) is 13.1 Å². The van der Waals surface area contributed by atoms with Gasteiger partial charge in [-0.3, -0.25) is 4.79 Å². The SMILES string of the molecule is O=C(O)C1CCN(S(=O)(=O)c2csc3ccc(Cl)cc23)C1. The molecule has 1 aliphatic rings. The second-order valence-corrected chi connectivity index (χ2v) is 8.18. The lowest BCUT2D eigenvalue weighted by Crippen LogP contribution is -2.29. The van der Waals surface area contributed by atoms with E-state index in [0.717, 1.165) is 4.70 Å². The summed E-state index contributed by atoms with van der Waals surface area (Å²) in [4.78, 5) is 11.2. The van der Waals surface area contributed by atoms with E-state index in [-0.39, 0.29) is 18.0 Å². The van der Waals surface area contributed by atoms with Crippen molar-refractivity contribution in [3.05, 3.63) is 28.6 Å². The summed E-state index contributed by atoms with van der Waals surface area (Å²) in [6.45, 7) is 0.257. The van der Waals surface area contributed by atoms with Gasteiger partial charge < -0.3 is 5.11 Å². The number of carboxylic acid groups (broad SMARTS) is 1. The Kier molecular flexibility index (Phi) is 3.69. The highest BCUT2D eigenvalue weighted by molar-refractivity contribution is 7.89. The predicted molar refractivity (Wildman–Crippen MR) is 81.3 cm³/mol. The van der Waals surface area contributed by atoms with E-state index in [4.69, 9.17) is 16.7 Å². The molecule has 1 saturated heterocycles. The molecule has 112 valence electrons. The summed E-state index contributed by atoms with van der Waals surface area (Å²) in [6, 6.07) is 5.13. The average molecular weight is 346 g/mol. The summed E-state index contributed by atoms with van der Waals surface area (Å²) in [5.74, 6) is -1.58. The Morgan fingerprint density at radius 3 is 2.86 bits per heavy atom. The van der Waals surface area contributed by atoms with E-state index in [0.29, 0.717) is 16.8 Å². The Hall–Kier alpha value is -1.15. The number of fused-ring (bicyclic) bond motifs is 1. The summed E-state index contributed by atoms with van der Waals surface area (Å²) in [5.41, 5.74) is 0. The van der Waals surface area contributed by atoms with Crippen LogP contribution in [0.4, 0.5) is 0 Å². The van der Waals surface area contributed by atoms with Gasteiger partial charge in [0.25, 0.3) is 0 Å². The molecule has 1 atom stereocenters. The number of halogens is 1. The maximum Gasteiger partial charge on any atom is 0.307 e. The molecular formula is C13H12ClNO4S2. The minimum absolute atomic E-state index is 0.0234. The molecular weight excluding hydrogens is 334 g/mol. The third-order valence-electron chi connectivity index (χ3n) is 3.62. The maximum atomic E-state index is 12.7. The molecule has 0 spiro atoms. The van der Waals surface area contributed by atoms with Gasteiger partial charge in [0.15, 0.2) is 0 Å². The summed E-state index contributed by atoms with van der Waals surface area (Å²) in [5, 5.41) is 11.6. The van der Waals surface area contributed by atoms with Gasteiger partial charge in [-0.25, -0.2) is 8.42 Å². The second-order valence-electron chi connectivity index (χ2n) is 4.93. The minimum Gasteiger partial charge on any atom is -0.481 e. The van der Waals surface area contributed by atoms with Crippen molar-refractivity contribution in [3.8, 4) is 0 Å². The Bertz CT molecular complexity index is 815. The van der Waals surface area contributed by atoms with Crippen LogP contribution >= 0.6 is 22.9 Å². The van der Waals surface area contributed by atoms with E-state index in [9.17, 15) is 13.2 Å². The van der Waals surface area contributed by atoms with Crippen molar-refractivity contribution in [2.45, 2.75) is 11.3 Å². The number of carboxylic acids is 1. The molecule has 3 rings (SSSR count). The number of aliphatic carboxylic acids is 1. The molecule has 8 heteroatoms. The van der Waals surface area contributed by atoms with Gasteiger partial charge >= 0.3 is 5.97 Å². The average Bonchev–Trinajstić information content (AvgIpc) is 3.05. The van der Waals surface area contributed by atoms with E-state index in [1.165, 1.54) is 15.6 Å². The quantitative estimate of drug-likeness (QED) is 0.928. The number of nitrogens with zero attached hydrogens (tertiary/aromatic N) is 1. The Labute approximate surface area is 130 Å². The molecule has 0 aliphatic carbocycles. The van der Waals surface area contributed by atoms with Crippen molar-refractivity contribution in [2.24, 2.45) is 5.92 Å². The van der Waals surface area contributed by atoms with Crippen LogP contribution in [-0.4, -0.2) is 36.9 Å². The molecule has 1 aliphatic heterocycles. The first-order valence-electron chi connectivity index (χ1n) is 6.29. The van der Waals surface area contributed by atoms with Crippen LogP contribution in [0.5, 0.6) is 0 Å². The first-order valence-corrected chi connectivity index (χ1v) is 8.99. The molecule has 1 aromatic carbocycles. The maximum absolute atomic E-state index is 12.7. The predicted octanol–water partition coefficient (Wildman–Crippen LogP) is 2.65. The van der Waals surface area contributed by atoms with Gasteiger partial charge in [0.1, 0.15) is 4.90 Å². The van der Waals surface area contributed by atoms with Crippen molar-refractivity contribution in [1.82, 2.24) is 4.31 Å². The fourth-order valence-corrected chi connectivity index (χ4v) is 5.58. The van der Waals surface area contributed by atoms with E-state index in [2.05, 4.69) is 0 Å². The molecule has 1 unspecified atom stereocenters. The number of hydrogen-bond donors (Lipinski definition) is 1. The lowest BCUT2D eigenvalue weighted by atomic mass is 10.1. The van der Waals surface area contributed by atoms with Crippen molar-refractivity contribution in [1.29, 1.82) is 0 Å². The number of carbonyl (C=O) groups is 1. The summed E-state index contributed by atoms with van der Waals surface area (Å²) in [7, 11) is -3.68. The number of benzene rings is 1. The van der Waals surface area contributed by atoms with Gasteiger partial charge in [0, 0.05) is 33.6 Å². The third kappa shape index (κ3) is 2.55. The molecule has 0 amide bonds. The zero-order valence-corrected chi connectivity index (χ0v) is 13.2. The van der Waals surface area contributed by atoms with E-state index >= 15 is 0 Å². The molecule has 2 aromatic rings. The van der Waals surface area contributed by atoms with Crippen LogP contribution in [0.1, 0.15) is 6.42 Å². The van der Waals surface area contributed by atoms with E-state index in [1.807, 2.05) is 0 Å². The fraction of sp³-hybridized carbons (Fsp3) is 0.308. The summed E-state index contributed by atoms with van der Waals surface area (Å²) in [6.07, 6.45) is 0.345. The standard InChI is InChI=1S/C13H12ClNO4S2/c14-9-1-2-11-10(5-9)12(7-20-11)21(18,19)15-4-3-8(6-15)13(16)17/h1-2,5,7-8H,3-4,6H2,(H,16,17). The van der Waals surface area contributed by atoms with Crippen LogP contribution in [0.2, 0.25) is 5.02 Å². The largest absolute Gasteiger partial charge is 0.481 e. The van der Waals surface area contributed by atoms with Gasteiger partial charge in [-0.1, -0.05) is 11.6 Å². The Morgan fingerprint density at radius 1 is 1.43 bits per heavy atom. The zero-order valence-electron chi connectivity index (χ0n) is 10.8. The number of rotatable bonds is 3. The van der Waals surface area contributed by atoms with Crippen LogP contribution in [0, 0.1) is 5.92 Å². The van der Waals surface area contributed by atoms with Crippen LogP contribution in [0.15, 0.2) is 28.5 Å². The Balaban J connectivity index is 2.01. The molecule has 21 heavy (non-hydrogen) atoms. The van der Waals surface area contributed by atoms with Gasteiger partial charge in [-0.05, 0) is 24.6 Å². The van der Waals surface area contributed by atoms with Crippen LogP contribution in [-0.2, 0) is 14.8 Å². The molecule has 0 bridgehead atoms. The molecule has 0 saturated carbocycles. The highest BCUT2D eigenvalue weighted by Crippen LogP contribution is 2.34. The first kappa shape index (κ1) is 14.8. The lowest BCUT2D eigenvalue weighted by Gasteiger charge is -2.15. The topological polar surface area (TPSA) is 74.7 Å². The lowest BCUT2D eigenvalue weighted by molar-refractivity contribution is -0.141. The summed E-state index contributed by atoms with van der Waals surface area (Å²) >= 11 is 7.28. The molecule has 1 fully saturated rings. The second kappa shape index (κ2) is 5.24. The zero-order chi connectivity index (χ0) is 15.2. The minimum atomic E-state index is -3.68. The van der Waals surface area contributed by atoms with Gasteiger partial charge in [0.05, 0.1) is 5.92 Å². The van der Waals surface area contributed by atoms with E-state index in [1.54, 1.807) is 23.6 Å². The number of sulfonamides is 1. The van der Waals surface area contributed by atoms with Crippen LogP contribution < -0.4 is 0 Å². The summed E-state index contributed by atoms with van der Waals surface area (Å²) < 4.78 is 27.5. The van der Waals surface area contributed by atoms with Crippen molar-refractivity contribution in [3.63, 3.8) is 0 Å². The normalized spacial score (nSPS) is 20.1. The van der Waals surface area contributed by atoms with Gasteiger partial charge in [0.2, 0.25) is 10.0 Å². The third-order valence-corrected chi connectivity index (χ3v) is 6.87. The highest BCUT2D eigenvalue weighted by atomic mass is 35.5. The van der Waals surface area contributed by atoms with Gasteiger partial charge in [-0.2, -0.15) is 4.31 Å². The number of hydrogen-bond acceptors (Lipinski definition) is 4. The van der Waals surface area contributed by atoms with E-state index < -0.39 is 21.9 Å². The smallest absolute Gasteiger partial charge is 0.307 e. The molecule has 1 aromatic heterocycles. The molecule has 5 nitrogen and oxygen atoms in total. The van der Waals surface area contributed by atoms with Crippen molar-refractivity contribution < 1.29 is 18.3 Å². The van der Waals surface area contributed by atoms with Crippen molar-refractivity contribution >= 4 is 49.0 Å². The Morgan fingerprint density at radius 2 is 2.19 bits per heavy atom. The first-order chi connectivity index (χ1) is 9.89. The highest BCUT2D eigenvalue weighted by Gasteiger charge is 2.36. The van der Waals surface area contributed by atoms with Crippen LogP contribution in [0.25, 0.3) is 10.1 Å². The van der Waals surface area contributed by atoms with Crippen LogP contribution in [0.3, 0.4) is 0 Å². The molecule has 2 heterocycles. The molecule has 0 radical (unpaired) electrons. The molecule has 1 N–H and O–H groups in total. The number of thiophene rings is 1. The fourth-order valence-electron chi connectivity index (χ4n) is 2.46. The monoisotopic (exact) mass is 345 g/mol. The van der Waals surface area contributed by atoms with Gasteiger partial charge in [-0.15, -0.1) is 11.3 Å².